The van der Waals surface area contributed by atoms with Crippen molar-refractivity contribution in [1.82, 2.24) is 10.3 Å². The molecule has 118 valence electrons. The molecule has 0 saturated carbocycles. The van der Waals surface area contributed by atoms with Gasteiger partial charge >= 0.3 is 0 Å². The molecule has 2 rings (SSSR count). The first kappa shape index (κ1) is 16.2. The maximum Gasteiger partial charge on any atom is 0.153 e. The molecular formula is C15H25N3O2S. The average Bonchev–Trinajstić information content (AvgIpc) is 2.36. The van der Waals surface area contributed by atoms with Gasteiger partial charge in [0, 0.05) is 36.9 Å². The number of sulfone groups is 1. The van der Waals surface area contributed by atoms with Gasteiger partial charge < -0.3 is 10.2 Å². The first-order valence-corrected chi connectivity index (χ1v) is 9.26. The van der Waals surface area contributed by atoms with Gasteiger partial charge in [-0.25, -0.2) is 13.4 Å². The normalized spacial score (nSPS) is 18.2. The third-order valence-corrected chi connectivity index (χ3v) is 5.39. The Morgan fingerprint density at radius 1 is 1.29 bits per heavy atom. The van der Waals surface area contributed by atoms with Gasteiger partial charge in [-0.1, -0.05) is 13.8 Å². The first-order valence-electron chi connectivity index (χ1n) is 7.44. The maximum atomic E-state index is 11.6. The molecular weight excluding hydrogens is 286 g/mol. The highest BCUT2D eigenvalue weighted by Gasteiger charge is 2.24. The number of rotatable bonds is 4. The van der Waals surface area contributed by atoms with Crippen LogP contribution in [0.25, 0.3) is 0 Å². The van der Waals surface area contributed by atoms with E-state index in [2.05, 4.69) is 42.0 Å². The Kier molecular flexibility index (Phi) is 4.88. The van der Waals surface area contributed by atoms with Gasteiger partial charge in [0.25, 0.3) is 0 Å². The maximum absolute atomic E-state index is 11.6. The first-order chi connectivity index (χ1) is 9.78. The fourth-order valence-electron chi connectivity index (χ4n) is 2.55. The molecule has 1 saturated heterocycles. The quantitative estimate of drug-likeness (QED) is 0.911. The molecule has 1 fully saturated rings. The van der Waals surface area contributed by atoms with E-state index < -0.39 is 9.84 Å². The smallest absolute Gasteiger partial charge is 0.153 e. The summed E-state index contributed by atoms with van der Waals surface area (Å²) in [6, 6.07) is 2.49. The predicted molar refractivity (Wildman–Crippen MR) is 86.6 cm³/mol. The standard InChI is InChI=1S/C15H25N3O2S/c1-11(2)16-10-14-12(3)9-13(4)17-15(14)18-5-7-21(19,20)8-6-18/h9,11,16H,5-8,10H2,1-4H3. The molecule has 6 heteroatoms. The second-order valence-corrected chi connectivity index (χ2v) is 8.36. The molecule has 0 bridgehead atoms. The Morgan fingerprint density at radius 3 is 2.48 bits per heavy atom. The Morgan fingerprint density at radius 2 is 1.90 bits per heavy atom. The molecule has 0 spiro atoms. The van der Waals surface area contributed by atoms with Crippen LogP contribution in [0.2, 0.25) is 0 Å². The van der Waals surface area contributed by atoms with Crippen LogP contribution in [0.4, 0.5) is 5.82 Å². The van der Waals surface area contributed by atoms with Crippen LogP contribution >= 0.6 is 0 Å². The number of aryl methyl sites for hydroxylation is 2. The molecule has 0 amide bonds. The SMILES string of the molecule is Cc1cc(C)c(CNC(C)C)c(N2CCS(=O)(=O)CC2)n1. The molecule has 0 aliphatic carbocycles. The fraction of sp³-hybridized carbons (Fsp3) is 0.667. The lowest BCUT2D eigenvalue weighted by atomic mass is 10.1. The van der Waals surface area contributed by atoms with E-state index in [4.69, 9.17) is 0 Å². The third-order valence-electron chi connectivity index (χ3n) is 3.78. The average molecular weight is 311 g/mol. The summed E-state index contributed by atoms with van der Waals surface area (Å²) in [5.41, 5.74) is 3.36. The molecule has 21 heavy (non-hydrogen) atoms. The monoisotopic (exact) mass is 311 g/mol. The zero-order valence-corrected chi connectivity index (χ0v) is 14.1. The summed E-state index contributed by atoms with van der Waals surface area (Å²) in [6.07, 6.45) is 0. The van der Waals surface area contributed by atoms with E-state index in [1.54, 1.807) is 0 Å². The highest BCUT2D eigenvalue weighted by atomic mass is 32.2. The number of nitrogens with zero attached hydrogens (tertiary/aromatic N) is 2. The van der Waals surface area contributed by atoms with E-state index in [1.807, 2.05) is 6.92 Å². The van der Waals surface area contributed by atoms with Gasteiger partial charge in [-0.2, -0.15) is 0 Å². The minimum atomic E-state index is -2.87. The number of hydrogen-bond donors (Lipinski definition) is 1. The molecule has 5 nitrogen and oxygen atoms in total. The van der Waals surface area contributed by atoms with Crippen LogP contribution in [-0.2, 0) is 16.4 Å². The predicted octanol–water partition coefficient (Wildman–Crippen LogP) is 1.43. The Hall–Kier alpha value is -1.14. The van der Waals surface area contributed by atoms with Crippen LogP contribution in [0.3, 0.4) is 0 Å². The highest BCUT2D eigenvalue weighted by molar-refractivity contribution is 7.91. The van der Waals surface area contributed by atoms with Gasteiger partial charge in [0.2, 0.25) is 0 Å². The summed E-state index contributed by atoms with van der Waals surface area (Å²) in [6.45, 7) is 10.1. The van der Waals surface area contributed by atoms with E-state index in [9.17, 15) is 8.42 Å². The van der Waals surface area contributed by atoms with Gasteiger partial charge in [0.15, 0.2) is 9.84 Å². The minimum absolute atomic E-state index is 0.221. The third kappa shape index (κ3) is 4.17. The van der Waals surface area contributed by atoms with Crippen molar-refractivity contribution in [3.63, 3.8) is 0 Å². The van der Waals surface area contributed by atoms with Crippen LogP contribution in [0, 0.1) is 13.8 Å². The molecule has 1 N–H and O–H groups in total. The lowest BCUT2D eigenvalue weighted by Gasteiger charge is -2.30. The van der Waals surface area contributed by atoms with E-state index >= 15 is 0 Å². The van der Waals surface area contributed by atoms with Crippen LogP contribution in [0.1, 0.15) is 30.7 Å². The van der Waals surface area contributed by atoms with Crippen molar-refractivity contribution < 1.29 is 8.42 Å². The number of aromatic nitrogens is 1. The lowest BCUT2D eigenvalue weighted by molar-refractivity contribution is 0.579. The van der Waals surface area contributed by atoms with Crippen LogP contribution in [-0.4, -0.2) is 44.0 Å². The van der Waals surface area contributed by atoms with E-state index in [0.717, 1.165) is 18.1 Å². The Bertz CT molecular complexity index is 598. The van der Waals surface area contributed by atoms with Crippen LogP contribution in [0.15, 0.2) is 6.07 Å². The van der Waals surface area contributed by atoms with Gasteiger partial charge in [0.1, 0.15) is 5.82 Å². The van der Waals surface area contributed by atoms with Crippen molar-refractivity contribution in [1.29, 1.82) is 0 Å². The molecule has 1 aromatic heterocycles. The lowest BCUT2D eigenvalue weighted by Crippen LogP contribution is -2.41. The van der Waals surface area contributed by atoms with Crippen molar-refractivity contribution in [2.24, 2.45) is 0 Å². The second-order valence-electron chi connectivity index (χ2n) is 6.06. The topological polar surface area (TPSA) is 62.3 Å². The summed E-state index contributed by atoms with van der Waals surface area (Å²) in [7, 11) is -2.87. The molecule has 0 unspecified atom stereocenters. The van der Waals surface area contributed by atoms with Crippen molar-refractivity contribution in [3.05, 3.63) is 22.9 Å². The van der Waals surface area contributed by atoms with Crippen LogP contribution in [0.5, 0.6) is 0 Å². The summed E-state index contributed by atoms with van der Waals surface area (Å²) in [5.74, 6) is 1.38. The molecule has 1 aliphatic rings. The van der Waals surface area contributed by atoms with Crippen molar-refractivity contribution in [2.45, 2.75) is 40.3 Å². The zero-order valence-electron chi connectivity index (χ0n) is 13.3. The number of anilines is 1. The van der Waals surface area contributed by atoms with E-state index in [0.29, 0.717) is 19.1 Å². The Balaban J connectivity index is 2.28. The van der Waals surface area contributed by atoms with E-state index in [1.165, 1.54) is 11.1 Å². The number of hydrogen-bond acceptors (Lipinski definition) is 5. The number of nitrogens with one attached hydrogen (secondary N) is 1. The summed E-state index contributed by atoms with van der Waals surface area (Å²) < 4.78 is 23.2. The largest absolute Gasteiger partial charge is 0.354 e. The van der Waals surface area contributed by atoms with Gasteiger partial charge in [0.05, 0.1) is 11.5 Å². The van der Waals surface area contributed by atoms with Gasteiger partial charge in [-0.05, 0) is 25.5 Å². The zero-order chi connectivity index (χ0) is 15.6. The van der Waals surface area contributed by atoms with Crippen molar-refractivity contribution >= 4 is 15.7 Å². The highest BCUT2D eigenvalue weighted by Crippen LogP contribution is 2.24. The van der Waals surface area contributed by atoms with E-state index in [-0.39, 0.29) is 11.5 Å². The molecule has 1 aromatic rings. The molecule has 0 aromatic carbocycles. The molecule has 2 heterocycles. The molecule has 0 atom stereocenters. The van der Waals surface area contributed by atoms with Crippen molar-refractivity contribution in [3.8, 4) is 0 Å². The summed E-state index contributed by atoms with van der Waals surface area (Å²) >= 11 is 0. The fourth-order valence-corrected chi connectivity index (χ4v) is 3.76. The van der Waals surface area contributed by atoms with Crippen LogP contribution < -0.4 is 10.2 Å². The van der Waals surface area contributed by atoms with Crippen molar-refractivity contribution in [2.75, 3.05) is 29.5 Å². The summed E-state index contributed by atoms with van der Waals surface area (Å²) in [4.78, 5) is 6.78. The second kappa shape index (κ2) is 6.32. The van der Waals surface area contributed by atoms with Gasteiger partial charge in [-0.3, -0.25) is 0 Å². The van der Waals surface area contributed by atoms with Gasteiger partial charge in [-0.15, -0.1) is 0 Å². The minimum Gasteiger partial charge on any atom is -0.354 e. The molecule has 0 radical (unpaired) electrons. The molecule has 1 aliphatic heterocycles. The Labute approximate surface area is 127 Å². The number of pyridine rings is 1. The summed E-state index contributed by atoms with van der Waals surface area (Å²) in [5, 5.41) is 3.43.